The van der Waals surface area contributed by atoms with Gasteiger partial charge in [0.1, 0.15) is 0 Å². The van der Waals surface area contributed by atoms with Gasteiger partial charge in [0.25, 0.3) is 0 Å². The minimum Gasteiger partial charge on any atom is -0.330 e. The maximum atomic E-state index is 14.4. The van der Waals surface area contributed by atoms with Crippen molar-refractivity contribution in [1.29, 1.82) is 0 Å². The molecule has 1 saturated carbocycles. The van der Waals surface area contributed by atoms with Crippen molar-refractivity contribution in [2.75, 3.05) is 13.6 Å². The van der Waals surface area contributed by atoms with E-state index in [1.165, 1.54) is 4.31 Å². The highest BCUT2D eigenvalue weighted by Gasteiger charge is 2.52. The van der Waals surface area contributed by atoms with Crippen LogP contribution in [-0.4, -0.2) is 59.5 Å². The number of carbonyl (C=O) groups is 2. The summed E-state index contributed by atoms with van der Waals surface area (Å²) in [6.07, 6.45) is 1.87. The van der Waals surface area contributed by atoms with Gasteiger partial charge in [-0.15, -0.1) is 0 Å². The Hall–Kier alpha value is -2.17. The first kappa shape index (κ1) is 29.8. The monoisotopic (exact) mass is 595 g/mol. The maximum absolute atomic E-state index is 14.4. The van der Waals surface area contributed by atoms with E-state index in [0.717, 1.165) is 11.1 Å². The summed E-state index contributed by atoms with van der Waals surface area (Å²) in [6, 6.07) is 13.8. The summed E-state index contributed by atoms with van der Waals surface area (Å²) < 4.78 is 27.5. The predicted molar refractivity (Wildman–Crippen MR) is 151 cm³/mol. The molecule has 1 aliphatic carbocycles. The number of halogens is 2. The van der Waals surface area contributed by atoms with Crippen LogP contribution in [0, 0.1) is 5.41 Å². The lowest BCUT2D eigenvalue weighted by Crippen LogP contribution is -2.58. The SMILES string of the molecule is CC[C@@H](CN(C)S(=O)(=O)C1CC1)N1C(=O)[C@@](C)(CC(=O)NO)C[C@H](c2cccc(Cl)c2)[C@H]1c1ccc(Cl)cc1. The number of benzene rings is 2. The molecule has 212 valence electrons. The van der Waals surface area contributed by atoms with Gasteiger partial charge in [0.2, 0.25) is 21.8 Å². The first-order chi connectivity index (χ1) is 18.4. The minimum atomic E-state index is -3.47. The summed E-state index contributed by atoms with van der Waals surface area (Å²) in [5, 5.41) is 10.0. The van der Waals surface area contributed by atoms with Crippen LogP contribution in [0.3, 0.4) is 0 Å². The van der Waals surface area contributed by atoms with Crippen LogP contribution in [0.5, 0.6) is 0 Å². The van der Waals surface area contributed by atoms with Gasteiger partial charge in [0.15, 0.2) is 0 Å². The second-order valence-electron chi connectivity index (χ2n) is 10.9. The molecular weight excluding hydrogens is 561 g/mol. The van der Waals surface area contributed by atoms with Crippen molar-refractivity contribution < 1.29 is 23.2 Å². The third-order valence-electron chi connectivity index (χ3n) is 7.98. The van der Waals surface area contributed by atoms with Crippen LogP contribution >= 0.6 is 23.2 Å². The van der Waals surface area contributed by atoms with Gasteiger partial charge >= 0.3 is 0 Å². The molecule has 0 bridgehead atoms. The Kier molecular flexibility index (Phi) is 8.98. The van der Waals surface area contributed by atoms with Crippen molar-refractivity contribution in [2.45, 2.75) is 69.2 Å². The average Bonchev–Trinajstić information content (AvgIpc) is 3.75. The number of amides is 2. The number of nitrogens with one attached hydrogen (secondary N) is 1. The van der Waals surface area contributed by atoms with Crippen LogP contribution in [0.15, 0.2) is 48.5 Å². The molecule has 11 heteroatoms. The van der Waals surface area contributed by atoms with E-state index in [0.29, 0.717) is 35.7 Å². The molecule has 4 atom stereocenters. The molecule has 2 amide bonds. The fraction of sp³-hybridized carbons (Fsp3) is 0.500. The number of nitrogens with zero attached hydrogens (tertiary/aromatic N) is 2. The van der Waals surface area contributed by atoms with Gasteiger partial charge < -0.3 is 4.90 Å². The minimum absolute atomic E-state index is 0.121. The molecule has 0 aromatic heterocycles. The first-order valence-corrected chi connectivity index (χ1v) is 15.4. The standard InChI is InChI=1S/C28H35Cl2N3O5S/c1-4-22(17-32(3)39(37,38)23-12-13-23)33-26(18-8-10-20(29)11-9-18)24(19-6-5-7-21(30)14-19)15-28(2,27(33)35)16-25(34)31-36/h5-11,14,22-24,26,36H,4,12-13,15-17H2,1-3H3,(H,31,34)/t22-,24+,26+,28+/m0/s1. The van der Waals surface area contributed by atoms with E-state index in [1.54, 1.807) is 42.6 Å². The van der Waals surface area contributed by atoms with Crippen LogP contribution in [0.25, 0.3) is 0 Å². The van der Waals surface area contributed by atoms with Gasteiger partial charge in [0, 0.05) is 42.0 Å². The van der Waals surface area contributed by atoms with Crippen LogP contribution < -0.4 is 5.48 Å². The van der Waals surface area contributed by atoms with Crippen LogP contribution in [0.2, 0.25) is 10.0 Å². The van der Waals surface area contributed by atoms with Crippen molar-refractivity contribution in [3.05, 3.63) is 69.7 Å². The lowest BCUT2D eigenvalue weighted by atomic mass is 9.67. The van der Waals surface area contributed by atoms with Crippen molar-refractivity contribution in [3.8, 4) is 0 Å². The molecule has 2 aromatic rings. The molecule has 1 aliphatic heterocycles. The molecule has 39 heavy (non-hydrogen) atoms. The van der Waals surface area contributed by atoms with E-state index in [2.05, 4.69) is 0 Å². The normalized spacial score (nSPS) is 24.6. The van der Waals surface area contributed by atoms with Gasteiger partial charge in [-0.1, -0.05) is 61.3 Å². The van der Waals surface area contributed by atoms with Crippen LogP contribution in [0.4, 0.5) is 0 Å². The fourth-order valence-electron chi connectivity index (χ4n) is 5.78. The molecule has 4 rings (SSSR count). The van der Waals surface area contributed by atoms with Crippen LogP contribution in [-0.2, 0) is 19.6 Å². The Morgan fingerprint density at radius 2 is 1.82 bits per heavy atom. The molecule has 2 aliphatic rings. The number of likely N-dealkylation sites (N-methyl/N-ethyl adjacent to an activating group) is 1. The highest BCUT2D eigenvalue weighted by molar-refractivity contribution is 7.90. The second-order valence-corrected chi connectivity index (χ2v) is 14.1. The molecule has 2 N–H and O–H groups in total. The van der Waals surface area contributed by atoms with E-state index in [9.17, 15) is 23.2 Å². The number of piperidine rings is 1. The number of carbonyl (C=O) groups excluding carboxylic acids is 2. The van der Waals surface area contributed by atoms with Gasteiger partial charge in [0.05, 0.1) is 16.7 Å². The molecule has 2 fully saturated rings. The molecule has 0 spiro atoms. The average molecular weight is 597 g/mol. The van der Waals surface area contributed by atoms with Gasteiger partial charge in [-0.3, -0.25) is 14.8 Å². The highest BCUT2D eigenvalue weighted by atomic mass is 35.5. The Bertz CT molecular complexity index is 1320. The fourth-order valence-corrected chi connectivity index (χ4v) is 7.72. The van der Waals surface area contributed by atoms with Crippen molar-refractivity contribution in [1.82, 2.24) is 14.7 Å². The molecule has 2 aromatic carbocycles. The molecule has 1 saturated heterocycles. The lowest BCUT2D eigenvalue weighted by molar-refractivity contribution is -0.158. The predicted octanol–water partition coefficient (Wildman–Crippen LogP) is 5.16. The Balaban J connectivity index is 1.86. The van der Waals surface area contributed by atoms with E-state index in [4.69, 9.17) is 23.2 Å². The zero-order valence-corrected chi connectivity index (χ0v) is 24.6. The molecule has 0 unspecified atom stereocenters. The summed E-state index contributed by atoms with van der Waals surface area (Å²) in [7, 11) is -1.91. The highest BCUT2D eigenvalue weighted by Crippen LogP contribution is 2.52. The zero-order chi connectivity index (χ0) is 28.5. The van der Waals surface area contributed by atoms with E-state index < -0.39 is 33.4 Å². The molecular formula is C28H35Cl2N3O5S. The van der Waals surface area contributed by atoms with E-state index in [-0.39, 0.29) is 30.0 Å². The topological polar surface area (TPSA) is 107 Å². The Labute approximate surface area is 240 Å². The van der Waals surface area contributed by atoms with Crippen molar-refractivity contribution in [2.24, 2.45) is 5.41 Å². The van der Waals surface area contributed by atoms with Gasteiger partial charge in [-0.05, 0) is 61.1 Å². The van der Waals surface area contributed by atoms with Crippen LogP contribution in [0.1, 0.15) is 69.0 Å². The number of rotatable bonds is 10. The smallest absolute Gasteiger partial charge is 0.244 e. The summed E-state index contributed by atoms with van der Waals surface area (Å²) in [5.74, 6) is -1.21. The number of hydrogen-bond donors (Lipinski definition) is 2. The molecule has 1 heterocycles. The largest absolute Gasteiger partial charge is 0.330 e. The summed E-state index contributed by atoms with van der Waals surface area (Å²) >= 11 is 12.6. The quantitative estimate of drug-likeness (QED) is 0.291. The number of hydrogen-bond acceptors (Lipinski definition) is 5. The first-order valence-electron chi connectivity index (χ1n) is 13.1. The molecule has 8 nitrogen and oxygen atoms in total. The lowest BCUT2D eigenvalue weighted by Gasteiger charge is -2.52. The number of likely N-dealkylation sites (tertiary alicyclic amines) is 1. The zero-order valence-electron chi connectivity index (χ0n) is 22.3. The van der Waals surface area contributed by atoms with Gasteiger partial charge in [-0.25, -0.2) is 18.2 Å². The van der Waals surface area contributed by atoms with Gasteiger partial charge in [-0.2, -0.15) is 0 Å². The van der Waals surface area contributed by atoms with E-state index >= 15 is 0 Å². The second kappa shape index (κ2) is 11.7. The van der Waals surface area contributed by atoms with E-state index in [1.807, 2.05) is 37.3 Å². The Morgan fingerprint density at radius 1 is 1.15 bits per heavy atom. The maximum Gasteiger partial charge on any atom is 0.244 e. The van der Waals surface area contributed by atoms with Crippen molar-refractivity contribution in [3.63, 3.8) is 0 Å². The number of hydroxylamine groups is 1. The third kappa shape index (κ3) is 6.28. The Morgan fingerprint density at radius 3 is 2.38 bits per heavy atom. The van der Waals surface area contributed by atoms with Crippen molar-refractivity contribution >= 4 is 45.0 Å². The molecule has 0 radical (unpaired) electrons. The number of sulfonamides is 1. The third-order valence-corrected chi connectivity index (χ3v) is 10.8. The summed E-state index contributed by atoms with van der Waals surface area (Å²) in [6.45, 7) is 3.77. The summed E-state index contributed by atoms with van der Waals surface area (Å²) in [5.41, 5.74) is 2.24. The summed E-state index contributed by atoms with van der Waals surface area (Å²) in [4.78, 5) is 28.6.